The molecule has 20 heavy (non-hydrogen) atoms. The fourth-order valence-corrected chi connectivity index (χ4v) is 1.98. The molecule has 2 amide bonds. The fourth-order valence-electron chi connectivity index (χ4n) is 1.98. The van der Waals surface area contributed by atoms with Crippen LogP contribution in [0.5, 0.6) is 0 Å². The van der Waals surface area contributed by atoms with Gasteiger partial charge >= 0.3 is 18.2 Å². The Kier molecular flexibility index (Phi) is 3.56. The number of alkyl halides is 3. The third-order valence-electron chi connectivity index (χ3n) is 2.92. The highest BCUT2D eigenvalue weighted by atomic mass is 19.4. The van der Waals surface area contributed by atoms with Gasteiger partial charge in [-0.15, -0.1) is 0 Å². The molecule has 1 aromatic carbocycles. The second-order valence-corrected chi connectivity index (χ2v) is 4.27. The van der Waals surface area contributed by atoms with E-state index in [0.717, 1.165) is 17.0 Å². The maximum atomic E-state index is 12.6. The summed E-state index contributed by atoms with van der Waals surface area (Å²) in [6.45, 7) is 0.718. The summed E-state index contributed by atoms with van der Waals surface area (Å²) in [4.78, 5) is 23.9. The Bertz CT molecular complexity index is 557. The van der Waals surface area contributed by atoms with Gasteiger partial charge in [0.25, 0.3) is 0 Å². The van der Waals surface area contributed by atoms with E-state index in [2.05, 4.69) is 5.32 Å². The summed E-state index contributed by atoms with van der Waals surface area (Å²) in [6, 6.07) is 1.80. The average Bonchev–Trinajstić information content (AvgIpc) is 2.37. The predicted molar refractivity (Wildman–Crippen MR) is 63.8 cm³/mol. The van der Waals surface area contributed by atoms with E-state index < -0.39 is 29.3 Å². The maximum absolute atomic E-state index is 12.6. The molecule has 0 aromatic heterocycles. The summed E-state index contributed by atoms with van der Waals surface area (Å²) < 4.78 is 37.8. The lowest BCUT2D eigenvalue weighted by Crippen LogP contribution is -2.47. The SMILES string of the molecule is O=C(O)c1cc(C(F)(F)F)ccc1N1CCCNC1=O. The van der Waals surface area contributed by atoms with Gasteiger partial charge in [0.1, 0.15) is 0 Å². The molecule has 8 heteroatoms. The first-order valence-electron chi connectivity index (χ1n) is 5.80. The fraction of sp³-hybridized carbons (Fsp3) is 0.333. The zero-order valence-electron chi connectivity index (χ0n) is 10.2. The molecule has 108 valence electrons. The van der Waals surface area contributed by atoms with Crippen molar-refractivity contribution in [2.24, 2.45) is 0 Å². The van der Waals surface area contributed by atoms with Crippen LogP contribution in [0.2, 0.25) is 0 Å². The van der Waals surface area contributed by atoms with Gasteiger partial charge in [0, 0.05) is 13.1 Å². The first-order chi connectivity index (χ1) is 9.30. The quantitative estimate of drug-likeness (QED) is 0.877. The van der Waals surface area contributed by atoms with Crippen LogP contribution in [0, 0.1) is 0 Å². The van der Waals surface area contributed by atoms with Crippen LogP contribution in [-0.4, -0.2) is 30.2 Å². The third kappa shape index (κ3) is 2.68. The number of nitrogens with one attached hydrogen (secondary N) is 1. The van der Waals surface area contributed by atoms with Crippen molar-refractivity contribution >= 4 is 17.7 Å². The van der Waals surface area contributed by atoms with Crippen LogP contribution in [-0.2, 0) is 6.18 Å². The number of nitrogens with zero attached hydrogens (tertiary/aromatic N) is 1. The molecule has 1 fully saturated rings. The van der Waals surface area contributed by atoms with Gasteiger partial charge in [0.2, 0.25) is 0 Å². The second kappa shape index (κ2) is 5.03. The molecular weight excluding hydrogens is 277 g/mol. The van der Waals surface area contributed by atoms with Crippen molar-refractivity contribution in [1.29, 1.82) is 0 Å². The number of aromatic carboxylic acids is 1. The van der Waals surface area contributed by atoms with Crippen molar-refractivity contribution in [3.8, 4) is 0 Å². The minimum absolute atomic E-state index is 0.0392. The number of hydrogen-bond acceptors (Lipinski definition) is 2. The van der Waals surface area contributed by atoms with E-state index in [-0.39, 0.29) is 12.2 Å². The Morgan fingerprint density at radius 1 is 1.35 bits per heavy atom. The van der Waals surface area contributed by atoms with Gasteiger partial charge in [0.05, 0.1) is 16.8 Å². The number of halogens is 3. The Labute approximate surface area is 112 Å². The smallest absolute Gasteiger partial charge is 0.416 e. The van der Waals surface area contributed by atoms with Crippen molar-refractivity contribution in [2.45, 2.75) is 12.6 Å². The molecule has 0 atom stereocenters. The van der Waals surface area contributed by atoms with Gasteiger partial charge in [-0.25, -0.2) is 9.59 Å². The molecular formula is C12H11F3N2O3. The molecule has 1 aromatic rings. The normalized spacial score (nSPS) is 15.9. The van der Waals surface area contributed by atoms with Crippen LogP contribution in [0.25, 0.3) is 0 Å². The molecule has 1 aliphatic heterocycles. The Balaban J connectivity index is 2.48. The van der Waals surface area contributed by atoms with E-state index in [1.807, 2.05) is 0 Å². The summed E-state index contributed by atoms with van der Waals surface area (Å²) in [5.41, 5.74) is -1.64. The van der Waals surface area contributed by atoms with Crippen molar-refractivity contribution in [3.05, 3.63) is 29.3 Å². The topological polar surface area (TPSA) is 69.6 Å². The molecule has 0 bridgehead atoms. The van der Waals surface area contributed by atoms with Crippen LogP contribution in [0.4, 0.5) is 23.7 Å². The first-order valence-corrected chi connectivity index (χ1v) is 5.80. The molecule has 0 aliphatic carbocycles. The molecule has 1 saturated heterocycles. The summed E-state index contributed by atoms with van der Waals surface area (Å²) in [5.74, 6) is -1.51. The zero-order valence-corrected chi connectivity index (χ0v) is 10.2. The summed E-state index contributed by atoms with van der Waals surface area (Å²) in [5, 5.41) is 11.6. The van der Waals surface area contributed by atoms with Crippen molar-refractivity contribution in [1.82, 2.24) is 5.32 Å². The van der Waals surface area contributed by atoms with Gasteiger partial charge in [-0.1, -0.05) is 0 Å². The number of urea groups is 1. The van der Waals surface area contributed by atoms with E-state index >= 15 is 0 Å². The lowest BCUT2D eigenvalue weighted by molar-refractivity contribution is -0.137. The standard InChI is InChI=1S/C12H11F3N2O3/c13-12(14,15)7-2-3-9(8(6-7)10(18)19)17-5-1-4-16-11(17)20/h2-3,6H,1,4-5H2,(H,16,20)(H,18,19). The molecule has 1 heterocycles. The van der Waals surface area contributed by atoms with Crippen LogP contribution in [0.15, 0.2) is 18.2 Å². The average molecular weight is 288 g/mol. The first kappa shape index (κ1) is 14.2. The number of amides is 2. The molecule has 0 radical (unpaired) electrons. The van der Waals surface area contributed by atoms with Gasteiger partial charge in [-0.2, -0.15) is 13.2 Å². The van der Waals surface area contributed by atoms with E-state index in [0.29, 0.717) is 19.0 Å². The summed E-state index contributed by atoms with van der Waals surface area (Å²) >= 11 is 0. The number of carbonyl (C=O) groups excluding carboxylic acids is 1. The van der Waals surface area contributed by atoms with E-state index in [1.54, 1.807) is 0 Å². The summed E-state index contributed by atoms with van der Waals surface area (Å²) in [6.07, 6.45) is -4.04. The Morgan fingerprint density at radius 2 is 2.05 bits per heavy atom. The number of carbonyl (C=O) groups is 2. The number of carboxylic acid groups (broad SMARTS) is 1. The largest absolute Gasteiger partial charge is 0.478 e. The highest BCUT2D eigenvalue weighted by molar-refractivity contribution is 6.01. The van der Waals surface area contributed by atoms with Gasteiger partial charge < -0.3 is 10.4 Å². The van der Waals surface area contributed by atoms with Gasteiger partial charge in [0.15, 0.2) is 0 Å². The Morgan fingerprint density at radius 3 is 2.60 bits per heavy atom. The van der Waals surface area contributed by atoms with Crippen LogP contribution >= 0.6 is 0 Å². The number of hydrogen-bond donors (Lipinski definition) is 2. The minimum atomic E-state index is -4.63. The molecule has 0 spiro atoms. The molecule has 2 N–H and O–H groups in total. The summed E-state index contributed by atoms with van der Waals surface area (Å²) in [7, 11) is 0. The van der Waals surface area contributed by atoms with Crippen LogP contribution in [0.1, 0.15) is 22.3 Å². The predicted octanol–water partition coefficient (Wildman–Crippen LogP) is 2.32. The molecule has 2 rings (SSSR count). The van der Waals surface area contributed by atoms with Crippen molar-refractivity contribution in [2.75, 3.05) is 18.0 Å². The number of benzene rings is 1. The molecule has 5 nitrogen and oxygen atoms in total. The number of carboxylic acids is 1. The highest BCUT2D eigenvalue weighted by Crippen LogP contribution is 2.33. The molecule has 0 saturated carbocycles. The lowest BCUT2D eigenvalue weighted by Gasteiger charge is -2.28. The van der Waals surface area contributed by atoms with E-state index in [4.69, 9.17) is 5.11 Å². The monoisotopic (exact) mass is 288 g/mol. The minimum Gasteiger partial charge on any atom is -0.478 e. The zero-order chi connectivity index (χ0) is 14.9. The second-order valence-electron chi connectivity index (χ2n) is 4.27. The van der Waals surface area contributed by atoms with Crippen molar-refractivity contribution in [3.63, 3.8) is 0 Å². The van der Waals surface area contributed by atoms with Crippen LogP contribution < -0.4 is 10.2 Å². The van der Waals surface area contributed by atoms with Crippen molar-refractivity contribution < 1.29 is 27.9 Å². The number of anilines is 1. The van der Waals surface area contributed by atoms with E-state index in [9.17, 15) is 22.8 Å². The van der Waals surface area contributed by atoms with Gasteiger partial charge in [-0.3, -0.25) is 4.90 Å². The third-order valence-corrected chi connectivity index (χ3v) is 2.92. The highest BCUT2D eigenvalue weighted by Gasteiger charge is 2.33. The van der Waals surface area contributed by atoms with Crippen LogP contribution in [0.3, 0.4) is 0 Å². The Hall–Kier alpha value is -2.25. The lowest BCUT2D eigenvalue weighted by atomic mass is 10.1. The van der Waals surface area contributed by atoms with E-state index in [1.165, 1.54) is 0 Å². The molecule has 0 unspecified atom stereocenters. The van der Waals surface area contributed by atoms with Gasteiger partial charge in [-0.05, 0) is 24.6 Å². The number of rotatable bonds is 2. The molecule has 1 aliphatic rings. The maximum Gasteiger partial charge on any atom is 0.416 e.